The van der Waals surface area contributed by atoms with E-state index in [2.05, 4.69) is 0 Å². The van der Waals surface area contributed by atoms with Crippen molar-refractivity contribution in [3.8, 4) is 0 Å². The number of rotatable bonds is 0. The first-order valence-electron chi connectivity index (χ1n) is 5.36. The Morgan fingerprint density at radius 1 is 1.33 bits per heavy atom. The van der Waals surface area contributed by atoms with Gasteiger partial charge in [0.15, 0.2) is 0 Å². The number of benzene rings is 1. The molecule has 2 rings (SSSR count). The van der Waals surface area contributed by atoms with E-state index in [0.717, 1.165) is 17.5 Å². The lowest BCUT2D eigenvalue weighted by Gasteiger charge is -2.38. The van der Waals surface area contributed by atoms with Crippen molar-refractivity contribution in [2.75, 3.05) is 0 Å². The number of halogens is 1. The predicted octanol–water partition coefficient (Wildman–Crippen LogP) is 3.01. The quantitative estimate of drug-likeness (QED) is 0.695. The first kappa shape index (κ1) is 10.6. The summed E-state index contributed by atoms with van der Waals surface area (Å²) in [6.45, 7) is 6.06. The van der Waals surface area contributed by atoms with Gasteiger partial charge in [-0.3, -0.25) is 0 Å². The second-order valence-electron chi connectivity index (χ2n) is 5.41. The Morgan fingerprint density at radius 3 is 2.60 bits per heavy atom. The molecule has 1 unspecified atom stereocenters. The topological polar surface area (TPSA) is 20.2 Å². The molecule has 0 bridgehead atoms. The molecule has 0 saturated carbocycles. The van der Waals surface area contributed by atoms with Gasteiger partial charge in [-0.2, -0.15) is 0 Å². The van der Waals surface area contributed by atoms with E-state index in [-0.39, 0.29) is 11.2 Å². The Morgan fingerprint density at radius 2 is 2.00 bits per heavy atom. The Kier molecular flexibility index (Phi) is 2.16. The van der Waals surface area contributed by atoms with Crippen molar-refractivity contribution >= 4 is 0 Å². The highest BCUT2D eigenvalue weighted by Gasteiger charge is 2.45. The zero-order valence-electron chi connectivity index (χ0n) is 9.47. The third-order valence-corrected chi connectivity index (χ3v) is 3.51. The first-order valence-corrected chi connectivity index (χ1v) is 5.36. The Hall–Kier alpha value is -0.890. The lowest BCUT2D eigenvalue weighted by molar-refractivity contribution is -0.0623. The molecule has 0 amide bonds. The maximum atomic E-state index is 13.0. The molecule has 0 aliphatic heterocycles. The van der Waals surface area contributed by atoms with E-state index < -0.39 is 5.60 Å². The lowest BCUT2D eigenvalue weighted by atomic mass is 9.73. The smallest absolute Gasteiger partial charge is 0.123 e. The van der Waals surface area contributed by atoms with E-state index in [4.69, 9.17) is 0 Å². The van der Waals surface area contributed by atoms with Gasteiger partial charge < -0.3 is 5.11 Å². The van der Waals surface area contributed by atoms with E-state index in [1.165, 1.54) is 6.07 Å². The number of fused-ring (bicyclic) bond motifs is 1. The van der Waals surface area contributed by atoms with E-state index in [1.807, 2.05) is 20.8 Å². The molecule has 0 radical (unpaired) electrons. The van der Waals surface area contributed by atoms with Gasteiger partial charge >= 0.3 is 0 Å². The van der Waals surface area contributed by atoms with Gasteiger partial charge in [0.05, 0.1) is 5.60 Å². The number of hydrogen-bond donors (Lipinski definition) is 1. The Bertz CT molecular complexity index is 392. The lowest BCUT2D eigenvalue weighted by Crippen LogP contribution is -2.37. The predicted molar refractivity (Wildman–Crippen MR) is 58.1 cm³/mol. The van der Waals surface area contributed by atoms with Crippen LogP contribution in [0, 0.1) is 11.2 Å². The fourth-order valence-electron chi connectivity index (χ4n) is 2.40. The molecule has 82 valence electrons. The second-order valence-corrected chi connectivity index (χ2v) is 5.41. The second kappa shape index (κ2) is 3.05. The van der Waals surface area contributed by atoms with Crippen LogP contribution in [0.5, 0.6) is 0 Å². The monoisotopic (exact) mass is 208 g/mol. The molecule has 1 nitrogen and oxygen atoms in total. The molecule has 0 aromatic heterocycles. The van der Waals surface area contributed by atoms with Crippen LogP contribution in [0.3, 0.4) is 0 Å². The van der Waals surface area contributed by atoms with Crippen LogP contribution in [0.4, 0.5) is 4.39 Å². The SMILES string of the molecule is CC(C)(C)C1(O)CCc2cc(F)ccc21. The third-order valence-electron chi connectivity index (χ3n) is 3.51. The van der Waals surface area contributed by atoms with Crippen molar-refractivity contribution in [3.05, 3.63) is 35.1 Å². The molecular formula is C13H17FO. The van der Waals surface area contributed by atoms with Gasteiger partial charge in [-0.15, -0.1) is 0 Å². The van der Waals surface area contributed by atoms with Crippen LogP contribution < -0.4 is 0 Å². The standard InChI is InChI=1S/C13H17FO/c1-12(2,3)13(15)7-6-9-8-10(14)4-5-11(9)13/h4-5,8,15H,6-7H2,1-3H3. The average molecular weight is 208 g/mol. The zero-order chi connectivity index (χ0) is 11.3. The van der Waals surface area contributed by atoms with Crippen molar-refractivity contribution in [1.82, 2.24) is 0 Å². The zero-order valence-corrected chi connectivity index (χ0v) is 9.47. The van der Waals surface area contributed by atoms with Crippen LogP contribution in [0.25, 0.3) is 0 Å². The number of aryl methyl sites for hydroxylation is 1. The summed E-state index contributed by atoms with van der Waals surface area (Å²) in [5.41, 5.74) is 0.829. The molecule has 1 aliphatic carbocycles. The van der Waals surface area contributed by atoms with E-state index in [0.29, 0.717) is 6.42 Å². The van der Waals surface area contributed by atoms with Crippen molar-refractivity contribution in [1.29, 1.82) is 0 Å². The Labute approximate surface area is 89.9 Å². The summed E-state index contributed by atoms with van der Waals surface area (Å²) in [6.07, 6.45) is 1.45. The summed E-state index contributed by atoms with van der Waals surface area (Å²) in [5.74, 6) is -0.216. The summed E-state index contributed by atoms with van der Waals surface area (Å²) >= 11 is 0. The fraction of sp³-hybridized carbons (Fsp3) is 0.538. The average Bonchev–Trinajstić information content (AvgIpc) is 2.43. The molecule has 15 heavy (non-hydrogen) atoms. The molecular weight excluding hydrogens is 191 g/mol. The summed E-state index contributed by atoms with van der Waals surface area (Å²) in [4.78, 5) is 0. The van der Waals surface area contributed by atoms with Crippen LogP contribution in [-0.4, -0.2) is 5.11 Å². The minimum atomic E-state index is -0.809. The number of aliphatic hydroxyl groups is 1. The Balaban J connectivity index is 2.53. The van der Waals surface area contributed by atoms with Crippen LogP contribution in [-0.2, 0) is 12.0 Å². The molecule has 0 spiro atoms. The summed E-state index contributed by atoms with van der Waals surface area (Å²) in [6, 6.07) is 4.70. The van der Waals surface area contributed by atoms with E-state index >= 15 is 0 Å². The molecule has 0 heterocycles. The molecule has 2 heteroatoms. The maximum absolute atomic E-state index is 13.0. The van der Waals surface area contributed by atoms with Crippen LogP contribution in [0.1, 0.15) is 38.3 Å². The molecule has 1 aliphatic rings. The normalized spacial score (nSPS) is 25.4. The highest BCUT2D eigenvalue weighted by Crippen LogP contribution is 2.48. The van der Waals surface area contributed by atoms with E-state index in [9.17, 15) is 9.50 Å². The fourth-order valence-corrected chi connectivity index (χ4v) is 2.40. The summed E-state index contributed by atoms with van der Waals surface area (Å²) < 4.78 is 13.0. The van der Waals surface area contributed by atoms with Gasteiger partial charge in [0.1, 0.15) is 5.82 Å². The molecule has 1 aromatic rings. The van der Waals surface area contributed by atoms with Crippen LogP contribution in [0.15, 0.2) is 18.2 Å². The highest BCUT2D eigenvalue weighted by atomic mass is 19.1. The first-order chi connectivity index (χ1) is 6.84. The van der Waals surface area contributed by atoms with Crippen molar-refractivity contribution in [2.45, 2.75) is 39.2 Å². The van der Waals surface area contributed by atoms with Gasteiger partial charge in [-0.05, 0) is 41.5 Å². The van der Waals surface area contributed by atoms with Crippen LogP contribution >= 0.6 is 0 Å². The summed E-state index contributed by atoms with van der Waals surface area (Å²) in [7, 11) is 0. The highest BCUT2D eigenvalue weighted by molar-refractivity contribution is 5.39. The largest absolute Gasteiger partial charge is 0.385 e. The summed E-state index contributed by atoms with van der Waals surface area (Å²) in [5, 5.41) is 10.6. The number of hydrogen-bond acceptors (Lipinski definition) is 1. The van der Waals surface area contributed by atoms with Gasteiger partial charge in [-0.25, -0.2) is 4.39 Å². The van der Waals surface area contributed by atoms with E-state index in [1.54, 1.807) is 12.1 Å². The van der Waals surface area contributed by atoms with Crippen molar-refractivity contribution in [2.24, 2.45) is 5.41 Å². The molecule has 1 aromatic carbocycles. The molecule has 1 atom stereocenters. The molecule has 1 N–H and O–H groups in total. The van der Waals surface area contributed by atoms with Gasteiger partial charge in [-0.1, -0.05) is 26.8 Å². The van der Waals surface area contributed by atoms with Gasteiger partial charge in [0.2, 0.25) is 0 Å². The van der Waals surface area contributed by atoms with Crippen molar-refractivity contribution in [3.63, 3.8) is 0 Å². The minimum absolute atomic E-state index is 0.212. The minimum Gasteiger partial charge on any atom is -0.385 e. The van der Waals surface area contributed by atoms with Gasteiger partial charge in [0, 0.05) is 0 Å². The molecule has 0 saturated heterocycles. The maximum Gasteiger partial charge on any atom is 0.123 e. The van der Waals surface area contributed by atoms with Gasteiger partial charge in [0.25, 0.3) is 0 Å². The molecule has 0 fully saturated rings. The third kappa shape index (κ3) is 1.48. The van der Waals surface area contributed by atoms with Crippen molar-refractivity contribution < 1.29 is 9.50 Å². The van der Waals surface area contributed by atoms with Crippen LogP contribution in [0.2, 0.25) is 0 Å².